The van der Waals surface area contributed by atoms with Crippen molar-refractivity contribution in [2.45, 2.75) is 31.9 Å². The second kappa shape index (κ2) is 11.8. The summed E-state index contributed by atoms with van der Waals surface area (Å²) in [4.78, 5) is 12.9. The molecule has 2 N–H and O–H groups in total. The highest BCUT2D eigenvalue weighted by Crippen LogP contribution is 2.24. The maximum atomic E-state index is 13.8. The average molecular weight is 515 g/mol. The molecule has 0 aliphatic heterocycles. The zero-order chi connectivity index (χ0) is 24.7. The Hall–Kier alpha value is -2.41. The molecule has 34 heavy (non-hydrogen) atoms. The summed E-state index contributed by atoms with van der Waals surface area (Å²) in [6.07, 6.45) is 0. The van der Waals surface area contributed by atoms with E-state index in [-0.39, 0.29) is 17.0 Å². The molecule has 0 amide bonds. The first-order valence-corrected chi connectivity index (χ1v) is 12.9. The van der Waals surface area contributed by atoms with E-state index in [4.69, 9.17) is 23.8 Å². The van der Waals surface area contributed by atoms with E-state index in [0.29, 0.717) is 39.1 Å². The number of thiocarbonyl (C=S) groups is 1. The fraction of sp³-hybridized carbons (Fsp3) is 0.259. The predicted octanol–water partition coefficient (Wildman–Crippen LogP) is 7.23. The molecule has 178 valence electrons. The zero-order valence-corrected chi connectivity index (χ0v) is 21.8. The number of halogens is 2. The Labute approximate surface area is 215 Å². The molecule has 0 radical (unpaired) electrons. The minimum Gasteiger partial charge on any atom is -0.362 e. The summed E-state index contributed by atoms with van der Waals surface area (Å²) in [5.41, 5.74) is 3.72. The highest BCUT2D eigenvalue weighted by Gasteiger charge is 2.15. The van der Waals surface area contributed by atoms with Gasteiger partial charge in [-0.05, 0) is 47.5 Å². The molecule has 0 saturated carbocycles. The number of ketones is 1. The van der Waals surface area contributed by atoms with E-state index < -0.39 is 0 Å². The van der Waals surface area contributed by atoms with Crippen molar-refractivity contribution in [2.75, 3.05) is 17.6 Å². The number of carbonyl (C=O) groups is 1. The maximum Gasteiger partial charge on any atom is 0.193 e. The Balaban J connectivity index is 1.49. The van der Waals surface area contributed by atoms with Crippen LogP contribution in [0.4, 0.5) is 10.1 Å². The molecule has 3 rings (SSSR count). The van der Waals surface area contributed by atoms with E-state index in [1.165, 1.54) is 11.6 Å². The number of anilines is 1. The standard InChI is InChI=1S/C27H28ClFN2OS2/c1-27(2,3)20-12-10-18(11-13-20)25(32)19-6-4-7-21(16-19)31-26(33)30-14-15-34-17-22-23(28)8-5-9-24(22)29/h4-13,16H,14-15,17H2,1-3H3,(H2,30,31,33). The van der Waals surface area contributed by atoms with E-state index >= 15 is 0 Å². The van der Waals surface area contributed by atoms with Crippen molar-refractivity contribution >= 4 is 52.2 Å². The summed E-state index contributed by atoms with van der Waals surface area (Å²) in [6, 6.07) is 19.8. The van der Waals surface area contributed by atoms with Crippen molar-refractivity contribution in [1.82, 2.24) is 5.32 Å². The molecule has 0 bridgehead atoms. The van der Waals surface area contributed by atoms with Gasteiger partial charge in [-0.1, -0.05) is 74.8 Å². The van der Waals surface area contributed by atoms with Gasteiger partial charge < -0.3 is 10.6 Å². The van der Waals surface area contributed by atoms with Crippen molar-refractivity contribution in [1.29, 1.82) is 0 Å². The van der Waals surface area contributed by atoms with Gasteiger partial charge in [0, 0.05) is 45.5 Å². The highest BCUT2D eigenvalue weighted by atomic mass is 35.5. The summed E-state index contributed by atoms with van der Waals surface area (Å²) in [7, 11) is 0. The van der Waals surface area contributed by atoms with Gasteiger partial charge in [-0.2, -0.15) is 11.8 Å². The lowest BCUT2D eigenvalue weighted by Crippen LogP contribution is -2.30. The van der Waals surface area contributed by atoms with Crippen LogP contribution in [0.1, 0.15) is 47.8 Å². The molecule has 0 fully saturated rings. The number of thioether (sulfide) groups is 1. The van der Waals surface area contributed by atoms with Crippen LogP contribution >= 0.6 is 35.6 Å². The summed E-state index contributed by atoms with van der Waals surface area (Å²) in [5.74, 6) is 0.903. The number of rotatable bonds is 8. The molecule has 0 atom stereocenters. The molecule has 0 heterocycles. The lowest BCUT2D eigenvalue weighted by molar-refractivity contribution is 0.103. The second-order valence-electron chi connectivity index (χ2n) is 8.87. The van der Waals surface area contributed by atoms with E-state index in [9.17, 15) is 9.18 Å². The minimum atomic E-state index is -0.287. The molecule has 0 aliphatic rings. The molecule has 3 aromatic rings. The van der Waals surface area contributed by atoms with Crippen LogP contribution in [0.3, 0.4) is 0 Å². The zero-order valence-electron chi connectivity index (χ0n) is 19.5. The van der Waals surface area contributed by atoms with Gasteiger partial charge in [-0.3, -0.25) is 4.79 Å². The normalized spacial score (nSPS) is 11.2. The number of nitrogens with one attached hydrogen (secondary N) is 2. The van der Waals surface area contributed by atoms with Gasteiger partial charge in [0.15, 0.2) is 10.9 Å². The van der Waals surface area contributed by atoms with Crippen molar-refractivity contribution < 1.29 is 9.18 Å². The molecule has 3 nitrogen and oxygen atoms in total. The van der Waals surface area contributed by atoms with E-state index in [1.54, 1.807) is 36.0 Å². The largest absolute Gasteiger partial charge is 0.362 e. The Morgan fingerprint density at radius 2 is 1.74 bits per heavy atom. The molecule has 0 aromatic heterocycles. The fourth-order valence-electron chi connectivity index (χ4n) is 3.28. The molecule has 0 unspecified atom stereocenters. The molecule has 3 aromatic carbocycles. The number of hydrogen-bond acceptors (Lipinski definition) is 3. The van der Waals surface area contributed by atoms with Crippen LogP contribution in [-0.4, -0.2) is 23.2 Å². The predicted molar refractivity (Wildman–Crippen MR) is 147 cm³/mol. The number of hydrogen-bond donors (Lipinski definition) is 2. The van der Waals surface area contributed by atoms with Crippen molar-refractivity contribution in [2.24, 2.45) is 0 Å². The van der Waals surface area contributed by atoms with Crippen LogP contribution in [-0.2, 0) is 11.2 Å². The summed E-state index contributed by atoms with van der Waals surface area (Å²) < 4.78 is 13.8. The summed E-state index contributed by atoms with van der Waals surface area (Å²) in [6.45, 7) is 7.05. The second-order valence-corrected chi connectivity index (χ2v) is 10.8. The Morgan fingerprint density at radius 1 is 1.03 bits per heavy atom. The Bertz CT molecular complexity index is 1140. The highest BCUT2D eigenvalue weighted by molar-refractivity contribution is 7.98. The average Bonchev–Trinajstić information content (AvgIpc) is 2.80. The van der Waals surface area contributed by atoms with Crippen LogP contribution in [0.2, 0.25) is 5.02 Å². The SMILES string of the molecule is CC(C)(C)c1ccc(C(=O)c2cccc(NC(=S)NCCSCc3c(F)cccc3Cl)c2)cc1. The quantitative estimate of drug-likeness (QED) is 0.188. The third-order valence-electron chi connectivity index (χ3n) is 5.24. The first kappa shape index (κ1) is 26.2. The monoisotopic (exact) mass is 514 g/mol. The van der Waals surface area contributed by atoms with E-state index in [1.807, 2.05) is 36.4 Å². The molecule has 7 heteroatoms. The third-order valence-corrected chi connectivity index (χ3v) is 6.82. The van der Waals surface area contributed by atoms with Gasteiger partial charge in [-0.25, -0.2) is 4.39 Å². The Kier molecular flexibility index (Phi) is 9.11. The minimum absolute atomic E-state index is 0.0359. The fourth-order valence-corrected chi connectivity index (χ4v) is 4.70. The summed E-state index contributed by atoms with van der Waals surface area (Å²) in [5, 5.41) is 7.16. The Morgan fingerprint density at radius 3 is 2.41 bits per heavy atom. The van der Waals surface area contributed by atoms with Crippen LogP contribution in [0, 0.1) is 5.82 Å². The first-order valence-electron chi connectivity index (χ1n) is 11.0. The number of benzene rings is 3. The molecule has 0 spiro atoms. The van der Waals surface area contributed by atoms with E-state index in [2.05, 4.69) is 31.4 Å². The van der Waals surface area contributed by atoms with Gasteiger partial charge in [0.2, 0.25) is 0 Å². The first-order chi connectivity index (χ1) is 16.1. The van der Waals surface area contributed by atoms with Gasteiger partial charge >= 0.3 is 0 Å². The lowest BCUT2D eigenvalue weighted by atomic mass is 9.86. The van der Waals surface area contributed by atoms with Crippen LogP contribution in [0.25, 0.3) is 0 Å². The van der Waals surface area contributed by atoms with Crippen LogP contribution in [0.5, 0.6) is 0 Å². The van der Waals surface area contributed by atoms with Crippen molar-refractivity contribution in [3.05, 3.63) is 99.8 Å². The lowest BCUT2D eigenvalue weighted by Gasteiger charge is -2.19. The molecular formula is C27H28ClFN2OS2. The topological polar surface area (TPSA) is 41.1 Å². The smallest absolute Gasteiger partial charge is 0.193 e. The molecule has 0 aliphatic carbocycles. The maximum absolute atomic E-state index is 13.8. The summed E-state index contributed by atoms with van der Waals surface area (Å²) >= 11 is 13.0. The van der Waals surface area contributed by atoms with Gasteiger partial charge in [0.25, 0.3) is 0 Å². The third kappa shape index (κ3) is 7.29. The molecular weight excluding hydrogens is 487 g/mol. The van der Waals surface area contributed by atoms with E-state index in [0.717, 1.165) is 11.4 Å². The van der Waals surface area contributed by atoms with Crippen LogP contribution < -0.4 is 10.6 Å². The molecule has 0 saturated heterocycles. The van der Waals surface area contributed by atoms with Gasteiger partial charge in [0.05, 0.1) is 0 Å². The van der Waals surface area contributed by atoms with Crippen LogP contribution in [0.15, 0.2) is 66.7 Å². The van der Waals surface area contributed by atoms with Gasteiger partial charge in [0.1, 0.15) is 5.82 Å². The van der Waals surface area contributed by atoms with Crippen molar-refractivity contribution in [3.63, 3.8) is 0 Å². The van der Waals surface area contributed by atoms with Crippen molar-refractivity contribution in [3.8, 4) is 0 Å². The van der Waals surface area contributed by atoms with Gasteiger partial charge in [-0.15, -0.1) is 0 Å². The number of carbonyl (C=O) groups excluding carboxylic acids is 1.